The van der Waals surface area contributed by atoms with Crippen molar-refractivity contribution in [2.45, 2.75) is 57.2 Å². The molecule has 132 valence electrons. The lowest BCUT2D eigenvalue weighted by Gasteiger charge is -2.38. The first-order valence-electron chi connectivity index (χ1n) is 8.57. The van der Waals surface area contributed by atoms with Crippen LogP contribution in [-0.2, 0) is 10.9 Å². The molecule has 2 aliphatic carbocycles. The minimum absolute atomic E-state index is 0.0983. The highest BCUT2D eigenvalue weighted by molar-refractivity contribution is 5.84. The molecule has 0 bridgehead atoms. The lowest BCUT2D eigenvalue weighted by molar-refractivity contribution is -0.137. The number of benzene rings is 1. The Balaban J connectivity index is 1.54. The number of fused-ring (bicyclic) bond motifs is 1. The molecule has 0 aromatic heterocycles. The number of ether oxygens (including phenoxy) is 1. The Labute approximate surface area is 139 Å². The number of hydrogen-bond donors (Lipinski definition) is 1. The summed E-state index contributed by atoms with van der Waals surface area (Å²) in [5, 5.41) is 2.41. The summed E-state index contributed by atoms with van der Waals surface area (Å²) in [5.74, 6) is 1.38. The maximum absolute atomic E-state index is 12.7. The lowest BCUT2D eigenvalue weighted by atomic mass is 9.70. The number of hydrogen-bond acceptors (Lipinski definition) is 2. The van der Waals surface area contributed by atoms with Crippen LogP contribution in [0.2, 0.25) is 0 Å². The first-order chi connectivity index (χ1) is 11.4. The predicted octanol–water partition coefficient (Wildman–Crippen LogP) is 5.61. The number of anilines is 1. The molecule has 1 aromatic rings. The van der Waals surface area contributed by atoms with Crippen molar-refractivity contribution in [1.82, 2.24) is 0 Å². The summed E-state index contributed by atoms with van der Waals surface area (Å²) >= 11 is 0. The van der Waals surface area contributed by atoms with Gasteiger partial charge in [0.15, 0.2) is 0 Å². The van der Waals surface area contributed by atoms with E-state index in [0.29, 0.717) is 5.92 Å². The molecule has 3 nitrogen and oxygen atoms in total. The van der Waals surface area contributed by atoms with Gasteiger partial charge in [0.1, 0.15) is 6.10 Å². The van der Waals surface area contributed by atoms with Crippen LogP contribution in [0.1, 0.15) is 50.5 Å². The fraction of sp³-hybridized carbons (Fsp3) is 0.611. The van der Waals surface area contributed by atoms with E-state index in [-0.39, 0.29) is 11.8 Å². The molecule has 0 radical (unpaired) electrons. The van der Waals surface area contributed by atoms with Gasteiger partial charge in [-0.15, -0.1) is 0 Å². The molecule has 2 aliphatic rings. The van der Waals surface area contributed by atoms with Gasteiger partial charge in [0.25, 0.3) is 0 Å². The SMILES string of the molecule is O=C(Nc1cccc(C(F)(F)F)c1)O[C@@H]1CC[C@@H]2CCCC[C@H]2C1. The summed E-state index contributed by atoms with van der Waals surface area (Å²) < 4.78 is 43.5. The van der Waals surface area contributed by atoms with Crippen molar-refractivity contribution in [3.63, 3.8) is 0 Å². The smallest absolute Gasteiger partial charge is 0.416 e. The molecule has 2 fully saturated rings. The molecule has 0 spiro atoms. The highest BCUT2D eigenvalue weighted by Crippen LogP contribution is 2.41. The summed E-state index contributed by atoms with van der Waals surface area (Å²) in [6, 6.07) is 4.58. The van der Waals surface area contributed by atoms with Crippen LogP contribution in [-0.4, -0.2) is 12.2 Å². The summed E-state index contributed by atoms with van der Waals surface area (Å²) in [7, 11) is 0. The van der Waals surface area contributed by atoms with E-state index in [1.165, 1.54) is 37.8 Å². The Hall–Kier alpha value is -1.72. The summed E-state index contributed by atoms with van der Waals surface area (Å²) in [5.41, 5.74) is -0.691. The molecule has 1 amide bonds. The van der Waals surface area contributed by atoms with E-state index in [4.69, 9.17) is 4.74 Å². The molecule has 3 atom stereocenters. The first-order valence-corrected chi connectivity index (χ1v) is 8.57. The summed E-state index contributed by atoms with van der Waals surface area (Å²) in [4.78, 5) is 12.0. The number of rotatable bonds is 2. The van der Waals surface area contributed by atoms with Gasteiger partial charge < -0.3 is 4.74 Å². The van der Waals surface area contributed by atoms with Crippen LogP contribution in [0.25, 0.3) is 0 Å². The van der Waals surface area contributed by atoms with E-state index in [9.17, 15) is 18.0 Å². The largest absolute Gasteiger partial charge is 0.446 e. The molecule has 2 saturated carbocycles. The van der Waals surface area contributed by atoms with Gasteiger partial charge in [-0.2, -0.15) is 13.2 Å². The maximum atomic E-state index is 12.7. The molecule has 0 saturated heterocycles. The van der Waals surface area contributed by atoms with Crippen LogP contribution in [0, 0.1) is 11.8 Å². The molecule has 0 aliphatic heterocycles. The van der Waals surface area contributed by atoms with Crippen molar-refractivity contribution in [1.29, 1.82) is 0 Å². The first kappa shape index (κ1) is 17.1. The zero-order chi connectivity index (χ0) is 17.2. The molecule has 6 heteroatoms. The van der Waals surface area contributed by atoms with E-state index in [2.05, 4.69) is 5.32 Å². The number of nitrogens with one attached hydrogen (secondary N) is 1. The van der Waals surface area contributed by atoms with Crippen molar-refractivity contribution in [2.75, 3.05) is 5.32 Å². The number of alkyl halides is 3. The second kappa shape index (κ2) is 7.03. The van der Waals surface area contributed by atoms with Gasteiger partial charge in [0.05, 0.1) is 5.56 Å². The Bertz CT molecular complexity index is 588. The number of amides is 1. The molecule has 0 unspecified atom stereocenters. The minimum Gasteiger partial charge on any atom is -0.446 e. The van der Waals surface area contributed by atoms with Crippen molar-refractivity contribution in [3.05, 3.63) is 29.8 Å². The van der Waals surface area contributed by atoms with Crippen molar-refractivity contribution < 1.29 is 22.7 Å². The van der Waals surface area contributed by atoms with Crippen LogP contribution in [0.5, 0.6) is 0 Å². The zero-order valence-electron chi connectivity index (χ0n) is 13.4. The minimum atomic E-state index is -4.43. The third kappa shape index (κ3) is 4.22. The fourth-order valence-electron chi connectivity index (χ4n) is 4.01. The quantitative estimate of drug-likeness (QED) is 0.759. The van der Waals surface area contributed by atoms with Crippen molar-refractivity contribution in [2.24, 2.45) is 11.8 Å². The average molecular weight is 341 g/mol. The maximum Gasteiger partial charge on any atom is 0.416 e. The van der Waals surface area contributed by atoms with Crippen LogP contribution in [0.3, 0.4) is 0 Å². The molecule has 3 rings (SSSR count). The van der Waals surface area contributed by atoms with Gasteiger partial charge in [-0.05, 0) is 49.3 Å². The number of carbonyl (C=O) groups is 1. The summed E-state index contributed by atoms with van der Waals surface area (Å²) in [6.07, 6.45) is 2.56. The van der Waals surface area contributed by atoms with Gasteiger partial charge in [-0.25, -0.2) is 4.79 Å². The van der Waals surface area contributed by atoms with Crippen molar-refractivity contribution in [3.8, 4) is 0 Å². The van der Waals surface area contributed by atoms with E-state index < -0.39 is 17.8 Å². The second-order valence-electron chi connectivity index (χ2n) is 6.85. The molecule has 0 heterocycles. The number of carbonyl (C=O) groups excluding carboxylic acids is 1. The molecular weight excluding hydrogens is 319 g/mol. The van der Waals surface area contributed by atoms with Gasteiger partial charge in [-0.1, -0.05) is 31.7 Å². The van der Waals surface area contributed by atoms with Gasteiger partial charge >= 0.3 is 12.3 Å². The monoisotopic (exact) mass is 341 g/mol. The van der Waals surface area contributed by atoms with E-state index in [0.717, 1.165) is 37.3 Å². The Morgan fingerprint density at radius 3 is 2.58 bits per heavy atom. The normalized spacial score (nSPS) is 27.2. The van der Waals surface area contributed by atoms with Gasteiger partial charge in [-0.3, -0.25) is 5.32 Å². The van der Waals surface area contributed by atoms with Gasteiger partial charge in [0, 0.05) is 5.69 Å². The highest BCUT2D eigenvalue weighted by atomic mass is 19.4. The third-order valence-electron chi connectivity index (χ3n) is 5.20. The van der Waals surface area contributed by atoms with E-state index in [1.54, 1.807) is 0 Å². The van der Waals surface area contributed by atoms with E-state index in [1.807, 2.05) is 0 Å². The number of halogens is 3. The Kier molecular flexibility index (Phi) is 5.01. The standard InChI is InChI=1S/C18H22F3NO2/c19-18(20,21)14-6-3-7-15(11-14)22-17(23)24-16-9-8-12-4-1-2-5-13(12)10-16/h3,6-7,11-13,16H,1-2,4-5,8-10H2,(H,22,23)/t12-,13-,16+/m0/s1. The highest BCUT2D eigenvalue weighted by Gasteiger charge is 2.34. The van der Waals surface area contributed by atoms with Crippen LogP contribution in [0.15, 0.2) is 24.3 Å². The van der Waals surface area contributed by atoms with Gasteiger partial charge in [0.2, 0.25) is 0 Å². The van der Waals surface area contributed by atoms with Crippen molar-refractivity contribution >= 4 is 11.8 Å². The van der Waals surface area contributed by atoms with Crippen LogP contribution in [0.4, 0.5) is 23.7 Å². The topological polar surface area (TPSA) is 38.3 Å². The molecule has 24 heavy (non-hydrogen) atoms. The Morgan fingerprint density at radius 1 is 1.08 bits per heavy atom. The van der Waals surface area contributed by atoms with Crippen LogP contribution < -0.4 is 5.32 Å². The molecule has 1 N–H and O–H groups in total. The average Bonchev–Trinajstić information content (AvgIpc) is 2.54. The van der Waals surface area contributed by atoms with E-state index >= 15 is 0 Å². The zero-order valence-corrected chi connectivity index (χ0v) is 13.4. The summed E-state index contributed by atoms with van der Waals surface area (Å²) in [6.45, 7) is 0. The lowest BCUT2D eigenvalue weighted by Crippen LogP contribution is -2.34. The van der Waals surface area contributed by atoms with Crippen LogP contribution >= 0.6 is 0 Å². The predicted molar refractivity (Wildman–Crippen MR) is 84.6 cm³/mol. The Morgan fingerprint density at radius 2 is 1.83 bits per heavy atom. The fourth-order valence-corrected chi connectivity index (χ4v) is 4.01. The molecule has 1 aromatic carbocycles. The second-order valence-corrected chi connectivity index (χ2v) is 6.85. The molecular formula is C18H22F3NO2. The third-order valence-corrected chi connectivity index (χ3v) is 5.20.